The Morgan fingerprint density at radius 3 is 2.73 bits per heavy atom. The Morgan fingerprint density at radius 1 is 1.40 bits per heavy atom. The zero-order valence-electron chi connectivity index (χ0n) is 8.50. The van der Waals surface area contributed by atoms with Crippen LogP contribution in [0.1, 0.15) is 18.4 Å². The van der Waals surface area contributed by atoms with Gasteiger partial charge in [-0.2, -0.15) is 0 Å². The summed E-state index contributed by atoms with van der Waals surface area (Å²) in [6.45, 7) is 0.969. The standard InChI is InChI=1S/C12H14ClNO/c13-10-5-3-9(4-6-10)8-12(15)11-2-1-7-14-11/h3-6,11,14H,1-2,7-8H2. The van der Waals surface area contributed by atoms with Crippen molar-refractivity contribution in [1.82, 2.24) is 5.32 Å². The number of Topliss-reactive ketones (excluding diaryl/α,β-unsaturated/α-hetero) is 1. The molecule has 0 amide bonds. The van der Waals surface area contributed by atoms with Crippen LogP contribution in [0, 0.1) is 0 Å². The first-order chi connectivity index (χ1) is 7.25. The normalized spacial score (nSPS) is 20.5. The lowest BCUT2D eigenvalue weighted by molar-refractivity contribution is -0.120. The number of halogens is 1. The van der Waals surface area contributed by atoms with Gasteiger partial charge in [-0.3, -0.25) is 4.79 Å². The van der Waals surface area contributed by atoms with E-state index in [0.717, 1.165) is 24.9 Å². The monoisotopic (exact) mass is 223 g/mol. The molecular weight excluding hydrogens is 210 g/mol. The minimum atomic E-state index is 0.0701. The van der Waals surface area contributed by atoms with Crippen molar-refractivity contribution in [1.29, 1.82) is 0 Å². The predicted molar refractivity (Wildman–Crippen MR) is 61.2 cm³/mol. The van der Waals surface area contributed by atoms with E-state index in [2.05, 4.69) is 5.32 Å². The number of carbonyl (C=O) groups excluding carboxylic acids is 1. The number of hydrogen-bond acceptors (Lipinski definition) is 2. The van der Waals surface area contributed by atoms with Gasteiger partial charge in [-0.05, 0) is 37.1 Å². The van der Waals surface area contributed by atoms with Gasteiger partial charge in [0.05, 0.1) is 6.04 Å². The number of nitrogens with one attached hydrogen (secondary N) is 1. The first-order valence-corrected chi connectivity index (χ1v) is 5.64. The van der Waals surface area contributed by atoms with E-state index in [1.807, 2.05) is 24.3 Å². The molecule has 1 aromatic rings. The van der Waals surface area contributed by atoms with E-state index < -0.39 is 0 Å². The van der Waals surface area contributed by atoms with Crippen molar-refractivity contribution < 1.29 is 4.79 Å². The molecule has 1 saturated heterocycles. The number of carbonyl (C=O) groups is 1. The number of benzene rings is 1. The lowest BCUT2D eigenvalue weighted by Gasteiger charge is -2.08. The minimum Gasteiger partial charge on any atom is -0.307 e. The van der Waals surface area contributed by atoms with Crippen molar-refractivity contribution in [3.63, 3.8) is 0 Å². The van der Waals surface area contributed by atoms with Crippen LogP contribution in [-0.2, 0) is 11.2 Å². The van der Waals surface area contributed by atoms with Gasteiger partial charge in [-0.15, -0.1) is 0 Å². The second-order valence-corrected chi connectivity index (χ2v) is 4.35. The second kappa shape index (κ2) is 4.77. The molecule has 80 valence electrons. The molecule has 1 unspecified atom stereocenters. The van der Waals surface area contributed by atoms with Crippen molar-refractivity contribution >= 4 is 17.4 Å². The molecule has 1 aliphatic heterocycles. The summed E-state index contributed by atoms with van der Waals surface area (Å²) in [7, 11) is 0. The van der Waals surface area contributed by atoms with Gasteiger partial charge in [-0.1, -0.05) is 23.7 Å². The highest BCUT2D eigenvalue weighted by atomic mass is 35.5. The van der Waals surface area contributed by atoms with Gasteiger partial charge in [0.15, 0.2) is 5.78 Å². The van der Waals surface area contributed by atoms with E-state index in [9.17, 15) is 4.79 Å². The van der Waals surface area contributed by atoms with Gasteiger partial charge in [-0.25, -0.2) is 0 Å². The van der Waals surface area contributed by atoms with Crippen molar-refractivity contribution in [3.05, 3.63) is 34.9 Å². The van der Waals surface area contributed by atoms with E-state index in [1.54, 1.807) is 0 Å². The third kappa shape index (κ3) is 2.80. The van der Waals surface area contributed by atoms with Crippen molar-refractivity contribution in [2.45, 2.75) is 25.3 Å². The highest BCUT2D eigenvalue weighted by Crippen LogP contribution is 2.13. The number of hydrogen-bond donors (Lipinski definition) is 1. The van der Waals surface area contributed by atoms with Crippen LogP contribution in [-0.4, -0.2) is 18.4 Å². The van der Waals surface area contributed by atoms with Gasteiger partial charge in [0.1, 0.15) is 0 Å². The Balaban J connectivity index is 1.96. The molecule has 1 N–H and O–H groups in total. The second-order valence-electron chi connectivity index (χ2n) is 3.92. The summed E-state index contributed by atoms with van der Waals surface area (Å²) < 4.78 is 0. The van der Waals surface area contributed by atoms with Gasteiger partial charge < -0.3 is 5.32 Å². The van der Waals surface area contributed by atoms with Crippen LogP contribution in [0.4, 0.5) is 0 Å². The first kappa shape index (κ1) is 10.7. The molecule has 1 aromatic carbocycles. The average molecular weight is 224 g/mol. The molecule has 1 aliphatic rings. The Hall–Kier alpha value is -0.860. The summed E-state index contributed by atoms with van der Waals surface area (Å²) in [5.41, 5.74) is 1.04. The molecule has 0 spiro atoms. The molecule has 1 heterocycles. The van der Waals surface area contributed by atoms with Gasteiger partial charge in [0.2, 0.25) is 0 Å². The molecule has 3 heteroatoms. The fraction of sp³-hybridized carbons (Fsp3) is 0.417. The fourth-order valence-electron chi connectivity index (χ4n) is 1.89. The highest BCUT2D eigenvalue weighted by molar-refractivity contribution is 6.30. The third-order valence-electron chi connectivity index (χ3n) is 2.74. The molecule has 0 bridgehead atoms. The van der Waals surface area contributed by atoms with Crippen molar-refractivity contribution in [2.75, 3.05) is 6.54 Å². The molecular formula is C12H14ClNO. The molecule has 2 nitrogen and oxygen atoms in total. The van der Waals surface area contributed by atoms with E-state index in [1.165, 1.54) is 0 Å². The summed E-state index contributed by atoms with van der Waals surface area (Å²) in [5.74, 6) is 0.287. The van der Waals surface area contributed by atoms with Crippen molar-refractivity contribution in [3.8, 4) is 0 Å². The summed E-state index contributed by atoms with van der Waals surface area (Å²) in [6.07, 6.45) is 2.60. The van der Waals surface area contributed by atoms with Crippen LogP contribution >= 0.6 is 11.6 Å². The summed E-state index contributed by atoms with van der Waals surface area (Å²) in [6, 6.07) is 7.55. The topological polar surface area (TPSA) is 29.1 Å². The molecule has 0 radical (unpaired) electrons. The van der Waals surface area contributed by atoms with E-state index in [4.69, 9.17) is 11.6 Å². The van der Waals surface area contributed by atoms with Crippen LogP contribution in [0.2, 0.25) is 5.02 Å². The lowest BCUT2D eigenvalue weighted by Crippen LogP contribution is -2.31. The SMILES string of the molecule is O=C(Cc1ccc(Cl)cc1)C1CCCN1. The molecule has 0 aliphatic carbocycles. The lowest BCUT2D eigenvalue weighted by atomic mass is 10.0. The van der Waals surface area contributed by atoms with Gasteiger partial charge >= 0.3 is 0 Å². The Kier molecular flexibility index (Phi) is 3.39. The molecule has 1 fully saturated rings. The maximum Gasteiger partial charge on any atom is 0.154 e. The van der Waals surface area contributed by atoms with E-state index >= 15 is 0 Å². The fourth-order valence-corrected chi connectivity index (χ4v) is 2.01. The maximum atomic E-state index is 11.8. The van der Waals surface area contributed by atoms with Crippen LogP contribution in [0.25, 0.3) is 0 Å². The van der Waals surface area contributed by atoms with Gasteiger partial charge in [0.25, 0.3) is 0 Å². The average Bonchev–Trinajstić information content (AvgIpc) is 2.74. The number of ketones is 1. The Bertz CT molecular complexity index is 341. The van der Waals surface area contributed by atoms with E-state index in [0.29, 0.717) is 11.4 Å². The van der Waals surface area contributed by atoms with Crippen molar-refractivity contribution in [2.24, 2.45) is 0 Å². The molecule has 0 saturated carbocycles. The van der Waals surface area contributed by atoms with E-state index in [-0.39, 0.29) is 11.8 Å². The van der Waals surface area contributed by atoms with Crippen LogP contribution < -0.4 is 5.32 Å². The molecule has 1 atom stereocenters. The number of rotatable bonds is 3. The predicted octanol–water partition coefficient (Wildman–Crippen LogP) is 2.20. The zero-order chi connectivity index (χ0) is 10.7. The summed E-state index contributed by atoms with van der Waals surface area (Å²) in [5, 5.41) is 3.93. The Morgan fingerprint density at radius 2 is 2.13 bits per heavy atom. The summed E-state index contributed by atoms with van der Waals surface area (Å²) in [4.78, 5) is 11.8. The summed E-state index contributed by atoms with van der Waals surface area (Å²) >= 11 is 5.78. The smallest absolute Gasteiger partial charge is 0.154 e. The largest absolute Gasteiger partial charge is 0.307 e. The quantitative estimate of drug-likeness (QED) is 0.851. The van der Waals surface area contributed by atoms with Gasteiger partial charge in [0, 0.05) is 11.4 Å². The first-order valence-electron chi connectivity index (χ1n) is 5.26. The van der Waals surface area contributed by atoms with Crippen LogP contribution in [0.5, 0.6) is 0 Å². The van der Waals surface area contributed by atoms with Crippen LogP contribution in [0.15, 0.2) is 24.3 Å². The molecule has 15 heavy (non-hydrogen) atoms. The minimum absolute atomic E-state index is 0.0701. The molecule has 2 rings (SSSR count). The Labute approximate surface area is 94.6 Å². The third-order valence-corrected chi connectivity index (χ3v) is 2.99. The highest BCUT2D eigenvalue weighted by Gasteiger charge is 2.21. The van der Waals surface area contributed by atoms with Crippen LogP contribution in [0.3, 0.4) is 0 Å². The maximum absolute atomic E-state index is 11.8. The zero-order valence-corrected chi connectivity index (χ0v) is 9.26. The molecule has 0 aromatic heterocycles.